The van der Waals surface area contributed by atoms with Crippen molar-refractivity contribution in [3.63, 3.8) is 0 Å². The van der Waals surface area contributed by atoms with Gasteiger partial charge in [-0.25, -0.2) is 0 Å². The zero-order chi connectivity index (χ0) is 13.1. The van der Waals surface area contributed by atoms with Gasteiger partial charge in [-0.3, -0.25) is 0 Å². The molecular weight excluding hydrogens is 244 g/mol. The molecule has 1 unspecified atom stereocenters. The monoisotopic (exact) mass is 266 g/mol. The highest BCUT2D eigenvalue weighted by Crippen LogP contribution is 2.21. The fourth-order valence-corrected chi connectivity index (χ4v) is 2.75. The van der Waals surface area contributed by atoms with Gasteiger partial charge in [-0.1, -0.05) is 5.16 Å². The lowest BCUT2D eigenvalue weighted by molar-refractivity contribution is -0.0264. The largest absolute Gasteiger partial charge is 0.367 e. The van der Waals surface area contributed by atoms with E-state index < -0.39 is 0 Å². The third-order valence-electron chi connectivity index (χ3n) is 3.96. The number of hydrogen-bond donors (Lipinski definition) is 1. The molecular formula is C13H22N4O2. The maximum atomic E-state index is 5.70. The topological polar surface area (TPSA) is 63.4 Å². The van der Waals surface area contributed by atoms with E-state index in [9.17, 15) is 0 Å². The molecule has 0 radical (unpaired) electrons. The highest BCUT2D eigenvalue weighted by atomic mass is 16.5. The zero-order valence-corrected chi connectivity index (χ0v) is 11.5. The molecule has 0 amide bonds. The zero-order valence-electron chi connectivity index (χ0n) is 11.5. The molecule has 6 heteroatoms. The fraction of sp³-hybridized carbons (Fsp3) is 0.846. The normalized spacial score (nSPS) is 26.7. The summed E-state index contributed by atoms with van der Waals surface area (Å²) in [6, 6.07) is 0. The van der Waals surface area contributed by atoms with Gasteiger partial charge in [0, 0.05) is 19.5 Å². The lowest BCUT2D eigenvalue weighted by Crippen LogP contribution is -2.35. The number of morpholine rings is 1. The van der Waals surface area contributed by atoms with E-state index in [1.54, 1.807) is 0 Å². The van der Waals surface area contributed by atoms with Crippen LogP contribution in [0.15, 0.2) is 4.52 Å². The molecule has 0 bridgehead atoms. The van der Waals surface area contributed by atoms with Crippen molar-refractivity contribution in [3.05, 3.63) is 11.7 Å². The van der Waals surface area contributed by atoms with Crippen molar-refractivity contribution < 1.29 is 9.26 Å². The summed E-state index contributed by atoms with van der Waals surface area (Å²) < 4.78 is 11.1. The Labute approximate surface area is 113 Å². The highest BCUT2D eigenvalue weighted by molar-refractivity contribution is 4.95. The van der Waals surface area contributed by atoms with Crippen LogP contribution >= 0.6 is 0 Å². The molecule has 106 valence electrons. The van der Waals surface area contributed by atoms with Crippen LogP contribution in [0.3, 0.4) is 0 Å². The van der Waals surface area contributed by atoms with Gasteiger partial charge < -0.3 is 19.5 Å². The molecule has 1 aromatic rings. The summed E-state index contributed by atoms with van der Waals surface area (Å²) in [5.41, 5.74) is 0. The molecule has 6 nitrogen and oxygen atoms in total. The Morgan fingerprint density at radius 3 is 3.00 bits per heavy atom. The molecule has 3 rings (SSSR count). The number of hydrogen-bond acceptors (Lipinski definition) is 6. The average Bonchev–Trinajstić information content (AvgIpc) is 2.88. The Morgan fingerprint density at radius 2 is 2.21 bits per heavy atom. The first-order valence-electron chi connectivity index (χ1n) is 7.14. The van der Waals surface area contributed by atoms with Gasteiger partial charge >= 0.3 is 0 Å². The predicted octanol–water partition coefficient (Wildman–Crippen LogP) is 0.615. The van der Waals surface area contributed by atoms with Crippen LogP contribution in [0.25, 0.3) is 0 Å². The predicted molar refractivity (Wildman–Crippen MR) is 69.8 cm³/mol. The molecule has 0 aliphatic carbocycles. The van der Waals surface area contributed by atoms with Gasteiger partial charge in [0.15, 0.2) is 0 Å². The molecule has 3 heterocycles. The number of rotatable bonds is 3. The van der Waals surface area contributed by atoms with Crippen LogP contribution < -0.4 is 5.32 Å². The molecule has 2 aliphatic heterocycles. The molecule has 0 saturated carbocycles. The molecule has 1 aromatic heterocycles. The molecule has 1 atom stereocenters. The van der Waals surface area contributed by atoms with Crippen LogP contribution in [0.5, 0.6) is 0 Å². The molecule has 2 aliphatic rings. The van der Waals surface area contributed by atoms with Crippen LogP contribution in [0.4, 0.5) is 0 Å². The van der Waals surface area contributed by atoms with Crippen LogP contribution in [-0.2, 0) is 11.2 Å². The summed E-state index contributed by atoms with van der Waals surface area (Å²) in [7, 11) is 2.09. The highest BCUT2D eigenvalue weighted by Gasteiger charge is 2.25. The number of likely N-dealkylation sites (N-methyl/N-ethyl adjacent to an activating group) is 1. The van der Waals surface area contributed by atoms with Gasteiger partial charge in [-0.05, 0) is 38.9 Å². The minimum Gasteiger partial charge on any atom is -0.367 e. The molecule has 2 saturated heterocycles. The Morgan fingerprint density at radius 1 is 1.37 bits per heavy atom. The van der Waals surface area contributed by atoms with Gasteiger partial charge in [0.05, 0.1) is 6.61 Å². The van der Waals surface area contributed by atoms with Crippen molar-refractivity contribution >= 4 is 0 Å². The lowest BCUT2D eigenvalue weighted by atomic mass is 9.95. The maximum absolute atomic E-state index is 5.70. The minimum atomic E-state index is -0.0377. The molecule has 2 fully saturated rings. The van der Waals surface area contributed by atoms with Gasteiger partial charge in [-0.15, -0.1) is 0 Å². The first-order valence-corrected chi connectivity index (χ1v) is 7.14. The third kappa shape index (κ3) is 3.32. The standard InChI is InChI=1S/C13H22N4O2/c1-17-6-7-18-11(9-17)13-15-12(19-16-13)8-10-2-4-14-5-3-10/h10-11,14H,2-9H2,1H3. The van der Waals surface area contributed by atoms with Gasteiger partial charge in [-0.2, -0.15) is 4.98 Å². The van der Waals surface area contributed by atoms with Crippen molar-refractivity contribution in [3.8, 4) is 0 Å². The van der Waals surface area contributed by atoms with Gasteiger partial charge in [0.25, 0.3) is 0 Å². The molecule has 0 spiro atoms. The van der Waals surface area contributed by atoms with E-state index in [-0.39, 0.29) is 6.10 Å². The van der Waals surface area contributed by atoms with E-state index in [1.165, 1.54) is 12.8 Å². The number of ether oxygens (including phenoxy) is 1. The fourth-order valence-electron chi connectivity index (χ4n) is 2.75. The Kier molecular flexibility index (Phi) is 4.10. The third-order valence-corrected chi connectivity index (χ3v) is 3.96. The van der Waals surface area contributed by atoms with E-state index in [4.69, 9.17) is 9.26 Å². The Bertz CT molecular complexity index is 403. The average molecular weight is 266 g/mol. The first-order chi connectivity index (χ1) is 9.31. The summed E-state index contributed by atoms with van der Waals surface area (Å²) in [4.78, 5) is 6.75. The SMILES string of the molecule is CN1CCOC(c2noc(CC3CCNCC3)n2)C1. The first kappa shape index (κ1) is 13.0. The summed E-state index contributed by atoms with van der Waals surface area (Å²) in [6.07, 6.45) is 3.25. The summed E-state index contributed by atoms with van der Waals surface area (Å²) in [6.45, 7) is 4.74. The Balaban J connectivity index is 1.59. The number of piperidine rings is 1. The van der Waals surface area contributed by atoms with Crippen molar-refractivity contribution in [1.82, 2.24) is 20.4 Å². The number of aromatic nitrogens is 2. The van der Waals surface area contributed by atoms with E-state index in [0.29, 0.717) is 11.7 Å². The summed E-state index contributed by atoms with van der Waals surface area (Å²) in [5.74, 6) is 2.14. The molecule has 1 N–H and O–H groups in total. The quantitative estimate of drug-likeness (QED) is 0.865. The molecule has 19 heavy (non-hydrogen) atoms. The van der Waals surface area contributed by atoms with Crippen molar-refractivity contribution in [2.45, 2.75) is 25.4 Å². The second-order valence-electron chi connectivity index (χ2n) is 5.57. The summed E-state index contributed by atoms with van der Waals surface area (Å²) in [5, 5.41) is 7.46. The minimum absolute atomic E-state index is 0.0377. The van der Waals surface area contributed by atoms with Gasteiger partial charge in [0.1, 0.15) is 6.10 Å². The summed E-state index contributed by atoms with van der Waals surface area (Å²) >= 11 is 0. The number of nitrogens with zero attached hydrogens (tertiary/aromatic N) is 3. The van der Waals surface area contributed by atoms with E-state index in [1.807, 2.05) is 0 Å². The van der Waals surface area contributed by atoms with Crippen LogP contribution in [0.1, 0.15) is 30.7 Å². The van der Waals surface area contributed by atoms with Crippen molar-refractivity contribution in [2.24, 2.45) is 5.92 Å². The lowest BCUT2D eigenvalue weighted by Gasteiger charge is -2.27. The van der Waals surface area contributed by atoms with E-state index in [0.717, 1.165) is 45.1 Å². The van der Waals surface area contributed by atoms with Crippen molar-refractivity contribution in [2.75, 3.05) is 39.8 Å². The molecule has 0 aromatic carbocycles. The van der Waals surface area contributed by atoms with Crippen LogP contribution in [0.2, 0.25) is 0 Å². The second-order valence-corrected chi connectivity index (χ2v) is 5.57. The van der Waals surface area contributed by atoms with Crippen LogP contribution in [-0.4, -0.2) is 54.9 Å². The maximum Gasteiger partial charge on any atom is 0.227 e. The smallest absolute Gasteiger partial charge is 0.227 e. The number of nitrogens with one attached hydrogen (secondary N) is 1. The van der Waals surface area contributed by atoms with Gasteiger partial charge in [0.2, 0.25) is 11.7 Å². The van der Waals surface area contributed by atoms with Crippen molar-refractivity contribution in [1.29, 1.82) is 0 Å². The van der Waals surface area contributed by atoms with E-state index >= 15 is 0 Å². The van der Waals surface area contributed by atoms with Crippen LogP contribution in [0, 0.1) is 5.92 Å². The van der Waals surface area contributed by atoms with E-state index in [2.05, 4.69) is 27.4 Å². The second kappa shape index (κ2) is 5.98. The Hall–Kier alpha value is -0.980.